The summed E-state index contributed by atoms with van der Waals surface area (Å²) in [5.74, 6) is 1.13. The first kappa shape index (κ1) is 17.6. The number of ether oxygens (including phenoxy) is 1. The summed E-state index contributed by atoms with van der Waals surface area (Å²) in [7, 11) is 1.57. The molecule has 0 amide bonds. The third kappa shape index (κ3) is 4.26. The second-order valence-corrected chi connectivity index (χ2v) is 5.49. The maximum atomic E-state index is 12.5. The lowest BCUT2D eigenvalue weighted by atomic mass is 10.1. The molecule has 0 radical (unpaired) electrons. The van der Waals surface area contributed by atoms with Crippen LogP contribution >= 0.6 is 0 Å². The molecule has 1 aromatic carbocycles. The Balaban J connectivity index is 1.80. The number of alkyl halides is 3. The molecule has 0 bridgehead atoms. The summed E-state index contributed by atoms with van der Waals surface area (Å²) in [5.41, 5.74) is 1.43. The van der Waals surface area contributed by atoms with Gasteiger partial charge in [-0.2, -0.15) is 13.2 Å². The fourth-order valence-corrected chi connectivity index (χ4v) is 2.27. The summed E-state index contributed by atoms with van der Waals surface area (Å²) in [6, 6.07) is 5.56. The Morgan fingerprint density at radius 1 is 1.23 bits per heavy atom. The predicted octanol–water partition coefficient (Wildman–Crippen LogP) is 3.38. The molecule has 0 N–H and O–H groups in total. The van der Waals surface area contributed by atoms with Crippen LogP contribution in [0.3, 0.4) is 0 Å². The first-order valence-corrected chi connectivity index (χ1v) is 7.47. The van der Waals surface area contributed by atoms with Crippen molar-refractivity contribution in [3.63, 3.8) is 0 Å². The van der Waals surface area contributed by atoms with Crippen molar-refractivity contribution in [3.05, 3.63) is 41.5 Å². The second-order valence-electron chi connectivity index (χ2n) is 5.49. The molecule has 2 aromatic heterocycles. The molecule has 0 aliphatic heterocycles. The van der Waals surface area contributed by atoms with Gasteiger partial charge in [-0.05, 0) is 36.8 Å². The number of aromatic nitrogens is 5. The first-order chi connectivity index (χ1) is 12.3. The number of hydrogen-bond acceptors (Lipinski definition) is 6. The molecule has 0 atom stereocenters. The van der Waals surface area contributed by atoms with Gasteiger partial charge < -0.3 is 4.74 Å². The molecule has 7 nitrogen and oxygen atoms in total. The third-order valence-corrected chi connectivity index (χ3v) is 3.39. The number of aryl methyl sites for hydroxylation is 1. The van der Waals surface area contributed by atoms with Crippen molar-refractivity contribution in [3.8, 4) is 17.1 Å². The molecule has 0 saturated heterocycles. The van der Waals surface area contributed by atoms with Crippen LogP contribution in [0.2, 0.25) is 0 Å². The van der Waals surface area contributed by atoms with E-state index >= 15 is 0 Å². The zero-order valence-electron chi connectivity index (χ0n) is 13.9. The van der Waals surface area contributed by atoms with Crippen molar-refractivity contribution < 1.29 is 22.5 Å². The zero-order chi connectivity index (χ0) is 18.7. The van der Waals surface area contributed by atoms with Crippen molar-refractivity contribution in [1.29, 1.82) is 0 Å². The van der Waals surface area contributed by atoms with E-state index in [0.29, 0.717) is 11.6 Å². The number of rotatable bonds is 5. The molecule has 0 aliphatic carbocycles. The van der Waals surface area contributed by atoms with Crippen LogP contribution in [-0.4, -0.2) is 38.4 Å². The number of nitrogens with zero attached hydrogens (tertiary/aromatic N) is 5. The van der Waals surface area contributed by atoms with Crippen LogP contribution in [0.15, 0.2) is 29.2 Å². The summed E-state index contributed by atoms with van der Waals surface area (Å²) < 4.78 is 48.4. The molecule has 0 saturated carbocycles. The fraction of sp³-hybridized carbons (Fsp3) is 0.250. The summed E-state index contributed by atoms with van der Waals surface area (Å²) in [6.45, 7) is 1.92. The molecule has 0 aliphatic rings. The SMILES string of the molecule is COc1cc(C)cc(-c2ncn(/C=C\c3nonc3CC(F)(F)F)n2)c1. The smallest absolute Gasteiger partial charge is 0.394 e. The molecular formula is C16H14F3N5O2. The van der Waals surface area contributed by atoms with Crippen molar-refractivity contribution in [1.82, 2.24) is 25.1 Å². The Morgan fingerprint density at radius 3 is 2.77 bits per heavy atom. The van der Waals surface area contributed by atoms with Crippen LogP contribution in [0, 0.1) is 6.92 Å². The van der Waals surface area contributed by atoms with Crippen LogP contribution in [0.25, 0.3) is 23.7 Å². The van der Waals surface area contributed by atoms with Gasteiger partial charge in [0.2, 0.25) is 0 Å². The Labute approximate surface area is 146 Å². The molecule has 26 heavy (non-hydrogen) atoms. The summed E-state index contributed by atoms with van der Waals surface area (Å²) in [4.78, 5) is 4.19. The largest absolute Gasteiger partial charge is 0.497 e. The molecule has 136 valence electrons. The van der Waals surface area contributed by atoms with Gasteiger partial charge in [-0.1, -0.05) is 10.3 Å². The van der Waals surface area contributed by atoms with Crippen LogP contribution < -0.4 is 4.74 Å². The molecule has 2 heterocycles. The first-order valence-electron chi connectivity index (χ1n) is 7.47. The van der Waals surface area contributed by atoms with Crippen molar-refractivity contribution in [2.45, 2.75) is 19.5 Å². The minimum atomic E-state index is -4.40. The average Bonchev–Trinajstić information content (AvgIpc) is 3.20. The highest BCUT2D eigenvalue weighted by Gasteiger charge is 2.31. The Kier molecular flexibility index (Phi) is 4.74. The highest BCUT2D eigenvalue weighted by Crippen LogP contribution is 2.24. The van der Waals surface area contributed by atoms with Crippen LogP contribution in [0.4, 0.5) is 13.2 Å². The minimum Gasteiger partial charge on any atom is -0.497 e. The van der Waals surface area contributed by atoms with E-state index < -0.39 is 12.6 Å². The summed E-state index contributed by atoms with van der Waals surface area (Å²) in [5, 5.41) is 11.0. The van der Waals surface area contributed by atoms with Crippen molar-refractivity contribution in [2.75, 3.05) is 7.11 Å². The topological polar surface area (TPSA) is 78.9 Å². The van der Waals surface area contributed by atoms with Gasteiger partial charge in [0.15, 0.2) is 5.82 Å². The third-order valence-electron chi connectivity index (χ3n) is 3.39. The van der Waals surface area contributed by atoms with E-state index in [2.05, 4.69) is 25.0 Å². The fourth-order valence-electron chi connectivity index (χ4n) is 2.27. The van der Waals surface area contributed by atoms with Gasteiger partial charge in [-0.3, -0.25) is 0 Å². The van der Waals surface area contributed by atoms with Gasteiger partial charge in [0, 0.05) is 11.8 Å². The van der Waals surface area contributed by atoms with Gasteiger partial charge in [0.1, 0.15) is 23.5 Å². The molecule has 3 aromatic rings. The highest BCUT2D eigenvalue weighted by molar-refractivity contribution is 5.61. The van der Waals surface area contributed by atoms with Crippen LogP contribution in [0.1, 0.15) is 17.0 Å². The van der Waals surface area contributed by atoms with Crippen molar-refractivity contribution in [2.24, 2.45) is 0 Å². The minimum absolute atomic E-state index is 0.0170. The normalized spacial score (nSPS) is 12.0. The van der Waals surface area contributed by atoms with E-state index in [1.165, 1.54) is 23.3 Å². The van der Waals surface area contributed by atoms with Gasteiger partial charge in [-0.15, -0.1) is 5.10 Å². The molecule has 0 fully saturated rings. The van der Waals surface area contributed by atoms with Crippen LogP contribution in [0.5, 0.6) is 5.75 Å². The maximum Gasteiger partial charge on any atom is 0.394 e. The average molecular weight is 365 g/mol. The monoisotopic (exact) mass is 365 g/mol. The summed E-state index contributed by atoms with van der Waals surface area (Å²) >= 11 is 0. The predicted molar refractivity (Wildman–Crippen MR) is 86.0 cm³/mol. The van der Waals surface area contributed by atoms with E-state index in [4.69, 9.17) is 4.74 Å². The molecule has 10 heteroatoms. The van der Waals surface area contributed by atoms with E-state index in [-0.39, 0.29) is 11.4 Å². The standard InChI is InChI=1S/C16H14F3N5O2/c1-10-5-11(7-12(6-10)25-2)15-20-9-24(21-15)4-3-13-14(23-26-22-13)8-16(17,18)19/h3-7,9H,8H2,1-2H3/b4-3-. The van der Waals surface area contributed by atoms with E-state index in [0.717, 1.165) is 11.1 Å². The number of halogens is 3. The van der Waals surface area contributed by atoms with Crippen molar-refractivity contribution >= 4 is 12.3 Å². The lowest BCUT2D eigenvalue weighted by molar-refractivity contribution is -0.128. The van der Waals surface area contributed by atoms with Gasteiger partial charge in [0.05, 0.1) is 13.5 Å². The maximum absolute atomic E-state index is 12.5. The quantitative estimate of drug-likeness (QED) is 0.690. The second kappa shape index (κ2) is 6.98. The lowest BCUT2D eigenvalue weighted by Crippen LogP contribution is -2.12. The lowest BCUT2D eigenvalue weighted by Gasteiger charge is -2.03. The van der Waals surface area contributed by atoms with E-state index in [9.17, 15) is 13.2 Å². The number of methoxy groups -OCH3 is 1. The highest BCUT2D eigenvalue weighted by atomic mass is 19.4. The zero-order valence-corrected chi connectivity index (χ0v) is 13.9. The van der Waals surface area contributed by atoms with E-state index in [1.54, 1.807) is 13.2 Å². The molecule has 0 spiro atoms. The summed E-state index contributed by atoms with van der Waals surface area (Å²) in [6.07, 6.45) is -1.44. The number of hydrogen-bond donors (Lipinski definition) is 0. The Morgan fingerprint density at radius 2 is 2.04 bits per heavy atom. The Bertz CT molecular complexity index is 930. The number of benzene rings is 1. The van der Waals surface area contributed by atoms with Gasteiger partial charge in [-0.25, -0.2) is 14.3 Å². The molecule has 0 unspecified atom stereocenters. The van der Waals surface area contributed by atoms with Gasteiger partial charge >= 0.3 is 6.18 Å². The molecular weight excluding hydrogens is 351 g/mol. The van der Waals surface area contributed by atoms with Gasteiger partial charge in [0.25, 0.3) is 0 Å². The molecule has 3 rings (SSSR count). The van der Waals surface area contributed by atoms with Crippen LogP contribution in [-0.2, 0) is 6.42 Å². The Hall–Kier alpha value is -3.17. The van der Waals surface area contributed by atoms with E-state index in [1.807, 2.05) is 19.1 Å².